The fourth-order valence-corrected chi connectivity index (χ4v) is 3.90. The van der Waals surface area contributed by atoms with Crippen molar-refractivity contribution in [3.05, 3.63) is 50.9 Å². The van der Waals surface area contributed by atoms with Crippen LogP contribution in [0.2, 0.25) is 0 Å². The Balaban J connectivity index is 2.09. The van der Waals surface area contributed by atoms with Crippen molar-refractivity contribution in [2.45, 2.75) is 18.4 Å². The molecule has 0 amide bonds. The summed E-state index contributed by atoms with van der Waals surface area (Å²) in [5.41, 5.74) is 2.31. The van der Waals surface area contributed by atoms with Crippen LogP contribution in [0, 0.1) is 0 Å². The van der Waals surface area contributed by atoms with Crippen molar-refractivity contribution in [2.75, 3.05) is 18.2 Å². The molecule has 2 rings (SSSR count). The van der Waals surface area contributed by atoms with Crippen molar-refractivity contribution in [3.63, 3.8) is 0 Å². The molecule has 2 nitrogen and oxygen atoms in total. The Morgan fingerprint density at radius 2 is 1.86 bits per heavy atom. The molecular weight excluding hydrogens is 414 g/mol. The van der Waals surface area contributed by atoms with Gasteiger partial charge in [-0.05, 0) is 80.9 Å². The largest absolute Gasteiger partial charge is 0.492 e. The van der Waals surface area contributed by atoms with E-state index in [-0.39, 0.29) is 0 Å². The number of nitrogens with one attached hydrogen (secondary N) is 1. The lowest BCUT2D eigenvalue weighted by atomic mass is 10.2. The first-order valence-corrected chi connectivity index (χ1v) is 9.43. The molecule has 1 N–H and O–H groups in total. The van der Waals surface area contributed by atoms with Gasteiger partial charge in [-0.3, -0.25) is 0 Å². The second-order valence-electron chi connectivity index (χ2n) is 4.41. The summed E-state index contributed by atoms with van der Waals surface area (Å²) >= 11 is 8.87. The summed E-state index contributed by atoms with van der Waals surface area (Å²) in [6.07, 6.45) is 2.08. The van der Waals surface area contributed by atoms with Crippen LogP contribution in [-0.4, -0.2) is 12.9 Å². The Kier molecular flexibility index (Phi) is 6.45. The molecule has 0 bridgehead atoms. The van der Waals surface area contributed by atoms with Crippen molar-refractivity contribution in [1.82, 2.24) is 0 Å². The molecule has 0 aliphatic heterocycles. The maximum Gasteiger partial charge on any atom is 0.147 e. The monoisotopic (exact) mass is 429 g/mol. The molecule has 0 saturated carbocycles. The average molecular weight is 431 g/mol. The number of halogens is 2. The second-order valence-corrected chi connectivity index (χ2v) is 7.00. The smallest absolute Gasteiger partial charge is 0.147 e. The highest BCUT2D eigenvalue weighted by molar-refractivity contribution is 9.11. The standard InChI is InChI=1S/C16H17Br2NOS/c1-3-20-16-14(17)7-11(8-15(16)18)10-19-12-5-4-6-13(9-12)21-2/h4-9,19H,3,10H2,1-2H3. The van der Waals surface area contributed by atoms with Crippen LogP contribution in [0.5, 0.6) is 5.75 Å². The van der Waals surface area contributed by atoms with E-state index < -0.39 is 0 Å². The zero-order chi connectivity index (χ0) is 15.2. The van der Waals surface area contributed by atoms with Crippen LogP contribution in [0.3, 0.4) is 0 Å². The van der Waals surface area contributed by atoms with Crippen LogP contribution < -0.4 is 10.1 Å². The third-order valence-electron chi connectivity index (χ3n) is 2.91. The molecular formula is C16H17Br2NOS. The molecule has 21 heavy (non-hydrogen) atoms. The molecule has 5 heteroatoms. The number of benzene rings is 2. The van der Waals surface area contributed by atoms with Gasteiger partial charge in [-0.15, -0.1) is 11.8 Å². The number of rotatable bonds is 6. The van der Waals surface area contributed by atoms with Crippen LogP contribution in [0.4, 0.5) is 5.69 Å². The number of hydrogen-bond acceptors (Lipinski definition) is 3. The van der Waals surface area contributed by atoms with E-state index in [0.717, 1.165) is 26.9 Å². The first-order chi connectivity index (χ1) is 10.1. The van der Waals surface area contributed by atoms with Crippen LogP contribution in [0.1, 0.15) is 12.5 Å². The number of ether oxygens (including phenoxy) is 1. The summed E-state index contributed by atoms with van der Waals surface area (Å²) in [5.74, 6) is 0.852. The van der Waals surface area contributed by atoms with E-state index in [4.69, 9.17) is 4.74 Å². The van der Waals surface area contributed by atoms with Gasteiger partial charge in [0.05, 0.1) is 15.6 Å². The van der Waals surface area contributed by atoms with Gasteiger partial charge < -0.3 is 10.1 Å². The minimum absolute atomic E-state index is 0.649. The van der Waals surface area contributed by atoms with Crippen molar-refractivity contribution in [3.8, 4) is 5.75 Å². The van der Waals surface area contributed by atoms with Gasteiger partial charge >= 0.3 is 0 Å². The van der Waals surface area contributed by atoms with Crippen molar-refractivity contribution in [1.29, 1.82) is 0 Å². The van der Waals surface area contributed by atoms with Crippen molar-refractivity contribution >= 4 is 49.3 Å². The maximum atomic E-state index is 5.60. The molecule has 0 aliphatic rings. The van der Waals surface area contributed by atoms with E-state index in [2.05, 4.69) is 79.8 Å². The molecule has 2 aromatic carbocycles. The fourth-order valence-electron chi connectivity index (χ4n) is 1.93. The van der Waals surface area contributed by atoms with Gasteiger partial charge in [0.1, 0.15) is 5.75 Å². The van der Waals surface area contributed by atoms with Crippen LogP contribution in [0.25, 0.3) is 0 Å². The zero-order valence-corrected chi connectivity index (χ0v) is 15.9. The van der Waals surface area contributed by atoms with Gasteiger partial charge in [-0.2, -0.15) is 0 Å². The first kappa shape index (κ1) is 16.7. The van der Waals surface area contributed by atoms with E-state index in [0.29, 0.717) is 6.61 Å². The third kappa shape index (κ3) is 4.66. The Hall–Kier alpha value is -0.650. The zero-order valence-electron chi connectivity index (χ0n) is 12.0. The van der Waals surface area contributed by atoms with Crippen LogP contribution in [0.15, 0.2) is 50.2 Å². The number of anilines is 1. The number of hydrogen-bond donors (Lipinski definition) is 1. The predicted molar refractivity (Wildman–Crippen MR) is 98.6 cm³/mol. The first-order valence-electron chi connectivity index (χ1n) is 6.62. The Morgan fingerprint density at radius 3 is 2.48 bits per heavy atom. The summed E-state index contributed by atoms with van der Waals surface area (Å²) in [6.45, 7) is 3.39. The predicted octanol–water partition coefficient (Wildman–Crippen LogP) is 5.94. The summed E-state index contributed by atoms with van der Waals surface area (Å²) in [5, 5.41) is 3.45. The molecule has 112 valence electrons. The summed E-state index contributed by atoms with van der Waals surface area (Å²) in [6, 6.07) is 12.6. The lowest BCUT2D eigenvalue weighted by Gasteiger charge is -2.12. The molecule has 0 fully saturated rings. The highest BCUT2D eigenvalue weighted by Crippen LogP contribution is 2.35. The van der Waals surface area contributed by atoms with E-state index in [1.54, 1.807) is 11.8 Å². The second kappa shape index (κ2) is 8.11. The van der Waals surface area contributed by atoms with Gasteiger partial charge in [0.2, 0.25) is 0 Å². The minimum Gasteiger partial charge on any atom is -0.492 e. The lowest BCUT2D eigenvalue weighted by molar-refractivity contribution is 0.336. The maximum absolute atomic E-state index is 5.60. The van der Waals surface area contributed by atoms with Gasteiger partial charge in [0.25, 0.3) is 0 Å². The molecule has 0 spiro atoms. The molecule has 0 atom stereocenters. The summed E-state index contributed by atoms with van der Waals surface area (Å²) < 4.78 is 7.53. The van der Waals surface area contributed by atoms with E-state index in [9.17, 15) is 0 Å². The molecule has 0 aromatic heterocycles. The fraction of sp³-hybridized carbons (Fsp3) is 0.250. The van der Waals surface area contributed by atoms with Gasteiger partial charge in [-0.25, -0.2) is 0 Å². The van der Waals surface area contributed by atoms with Gasteiger partial charge in [0, 0.05) is 17.1 Å². The molecule has 0 unspecified atom stereocenters. The van der Waals surface area contributed by atoms with Gasteiger partial charge in [-0.1, -0.05) is 6.07 Å². The van der Waals surface area contributed by atoms with Gasteiger partial charge in [0.15, 0.2) is 0 Å². The van der Waals surface area contributed by atoms with E-state index in [1.807, 2.05) is 6.92 Å². The van der Waals surface area contributed by atoms with Crippen LogP contribution in [-0.2, 0) is 6.54 Å². The Labute approximate surface area is 146 Å². The molecule has 2 aromatic rings. The topological polar surface area (TPSA) is 21.3 Å². The van der Waals surface area contributed by atoms with E-state index in [1.165, 1.54) is 10.5 Å². The van der Waals surface area contributed by atoms with Crippen molar-refractivity contribution < 1.29 is 4.74 Å². The molecule has 0 saturated heterocycles. The Morgan fingerprint density at radius 1 is 1.14 bits per heavy atom. The number of thioether (sulfide) groups is 1. The SMILES string of the molecule is CCOc1c(Br)cc(CNc2cccc(SC)c2)cc1Br. The minimum atomic E-state index is 0.649. The molecule has 0 aliphatic carbocycles. The highest BCUT2D eigenvalue weighted by Gasteiger charge is 2.08. The van der Waals surface area contributed by atoms with Crippen molar-refractivity contribution in [2.24, 2.45) is 0 Å². The van der Waals surface area contributed by atoms with Crippen LogP contribution >= 0.6 is 43.6 Å². The highest BCUT2D eigenvalue weighted by atomic mass is 79.9. The normalized spacial score (nSPS) is 10.5. The molecule has 0 radical (unpaired) electrons. The summed E-state index contributed by atoms with van der Waals surface area (Å²) in [7, 11) is 0. The van der Waals surface area contributed by atoms with E-state index >= 15 is 0 Å². The average Bonchev–Trinajstić information content (AvgIpc) is 2.49. The Bertz CT molecular complexity index is 596. The quantitative estimate of drug-likeness (QED) is 0.572. The molecule has 0 heterocycles. The third-order valence-corrected chi connectivity index (χ3v) is 4.82. The lowest BCUT2D eigenvalue weighted by Crippen LogP contribution is -2.01. The summed E-state index contributed by atoms with van der Waals surface area (Å²) in [4.78, 5) is 1.26.